The summed E-state index contributed by atoms with van der Waals surface area (Å²) in [5.41, 5.74) is 5.06. The minimum Gasteiger partial charge on any atom is -0.506 e. The molecule has 2 amide bonds. The highest BCUT2D eigenvalue weighted by Crippen LogP contribution is 2.21. The van der Waals surface area contributed by atoms with Crippen LogP contribution in [0.15, 0.2) is 18.2 Å². The highest BCUT2D eigenvalue weighted by Gasteiger charge is 2.16. The maximum atomic E-state index is 11.6. The monoisotopic (exact) mass is 222 g/mol. The van der Waals surface area contributed by atoms with Crippen molar-refractivity contribution < 1.29 is 14.7 Å². The number of hydrogen-bond donors (Lipinski definition) is 3. The van der Waals surface area contributed by atoms with Gasteiger partial charge in [-0.1, -0.05) is 13.0 Å². The van der Waals surface area contributed by atoms with E-state index < -0.39 is 11.8 Å². The lowest BCUT2D eigenvalue weighted by Crippen LogP contribution is -2.24. The van der Waals surface area contributed by atoms with Crippen molar-refractivity contribution in [1.82, 2.24) is 5.32 Å². The Bertz CT molecular complexity index is 416. The van der Waals surface area contributed by atoms with Crippen LogP contribution in [0.1, 0.15) is 34.1 Å². The molecule has 0 spiro atoms. The maximum Gasteiger partial charge on any atom is 0.255 e. The second kappa shape index (κ2) is 5.16. The van der Waals surface area contributed by atoms with Gasteiger partial charge >= 0.3 is 0 Å². The first-order valence-electron chi connectivity index (χ1n) is 4.98. The first-order valence-corrected chi connectivity index (χ1v) is 4.98. The normalized spacial score (nSPS) is 9.81. The first kappa shape index (κ1) is 12.0. The summed E-state index contributed by atoms with van der Waals surface area (Å²) in [5, 5.41) is 12.3. The molecule has 0 radical (unpaired) electrons. The number of rotatable bonds is 4. The Labute approximate surface area is 93.3 Å². The third kappa shape index (κ3) is 2.50. The van der Waals surface area contributed by atoms with Gasteiger partial charge in [-0.3, -0.25) is 9.59 Å². The molecule has 0 aromatic heterocycles. The zero-order valence-electron chi connectivity index (χ0n) is 8.99. The molecular formula is C11H14N2O3. The lowest BCUT2D eigenvalue weighted by molar-refractivity contribution is 0.0951. The Hall–Kier alpha value is -2.04. The fourth-order valence-corrected chi connectivity index (χ4v) is 1.26. The van der Waals surface area contributed by atoms with Gasteiger partial charge in [-0.25, -0.2) is 0 Å². The van der Waals surface area contributed by atoms with Gasteiger partial charge in [0.1, 0.15) is 5.75 Å². The van der Waals surface area contributed by atoms with E-state index in [-0.39, 0.29) is 16.9 Å². The number of benzene rings is 1. The summed E-state index contributed by atoms with van der Waals surface area (Å²) in [7, 11) is 0. The van der Waals surface area contributed by atoms with Crippen LogP contribution in [0.25, 0.3) is 0 Å². The third-order valence-corrected chi connectivity index (χ3v) is 2.08. The van der Waals surface area contributed by atoms with Gasteiger partial charge in [0.15, 0.2) is 0 Å². The molecule has 16 heavy (non-hydrogen) atoms. The Kier molecular flexibility index (Phi) is 3.88. The van der Waals surface area contributed by atoms with E-state index in [0.717, 1.165) is 6.42 Å². The van der Waals surface area contributed by atoms with Crippen LogP contribution in [0.3, 0.4) is 0 Å². The molecule has 0 atom stereocenters. The number of phenols is 1. The van der Waals surface area contributed by atoms with Gasteiger partial charge in [0, 0.05) is 6.54 Å². The number of nitrogens with one attached hydrogen (secondary N) is 1. The standard InChI is InChI=1S/C11H14N2O3/c1-2-6-13-11(16)8-5-3-4-7(9(8)14)10(12)15/h3-5,14H,2,6H2,1H3,(H2,12,15)(H,13,16). The van der Waals surface area contributed by atoms with Crippen molar-refractivity contribution in [3.8, 4) is 5.75 Å². The molecule has 0 fully saturated rings. The van der Waals surface area contributed by atoms with E-state index in [0.29, 0.717) is 6.54 Å². The second-order valence-electron chi connectivity index (χ2n) is 3.32. The smallest absolute Gasteiger partial charge is 0.255 e. The van der Waals surface area contributed by atoms with Crippen molar-refractivity contribution >= 4 is 11.8 Å². The van der Waals surface area contributed by atoms with E-state index in [2.05, 4.69) is 5.32 Å². The fraction of sp³-hybridized carbons (Fsp3) is 0.273. The van der Waals surface area contributed by atoms with Crippen molar-refractivity contribution in [3.63, 3.8) is 0 Å². The number of carbonyl (C=O) groups is 2. The van der Waals surface area contributed by atoms with E-state index >= 15 is 0 Å². The number of hydrogen-bond acceptors (Lipinski definition) is 3. The molecule has 0 aliphatic heterocycles. The zero-order chi connectivity index (χ0) is 12.1. The molecular weight excluding hydrogens is 208 g/mol. The number of carbonyl (C=O) groups excluding carboxylic acids is 2. The van der Waals surface area contributed by atoms with Crippen LogP contribution in [-0.2, 0) is 0 Å². The maximum absolute atomic E-state index is 11.6. The lowest BCUT2D eigenvalue weighted by atomic mass is 10.1. The molecule has 0 heterocycles. The topological polar surface area (TPSA) is 92.4 Å². The molecule has 5 heteroatoms. The fourth-order valence-electron chi connectivity index (χ4n) is 1.26. The molecule has 0 saturated carbocycles. The van der Waals surface area contributed by atoms with Gasteiger partial charge in [-0.15, -0.1) is 0 Å². The summed E-state index contributed by atoms with van der Waals surface area (Å²) >= 11 is 0. The number of nitrogens with two attached hydrogens (primary N) is 1. The van der Waals surface area contributed by atoms with Crippen LogP contribution in [-0.4, -0.2) is 23.5 Å². The summed E-state index contributed by atoms with van der Waals surface area (Å²) in [6, 6.07) is 4.31. The summed E-state index contributed by atoms with van der Waals surface area (Å²) in [5.74, 6) is -1.55. The van der Waals surface area contributed by atoms with Gasteiger partial charge in [0.2, 0.25) is 0 Å². The van der Waals surface area contributed by atoms with E-state index in [4.69, 9.17) is 5.73 Å². The molecule has 0 unspecified atom stereocenters. The predicted molar refractivity (Wildman–Crippen MR) is 59.2 cm³/mol. The first-order chi connectivity index (χ1) is 7.57. The van der Waals surface area contributed by atoms with Crippen LogP contribution in [0.2, 0.25) is 0 Å². The Morgan fingerprint density at radius 3 is 2.56 bits per heavy atom. The molecule has 1 aromatic rings. The molecule has 0 saturated heterocycles. The van der Waals surface area contributed by atoms with Gasteiger partial charge in [0.05, 0.1) is 11.1 Å². The number of para-hydroxylation sites is 1. The van der Waals surface area contributed by atoms with Crippen molar-refractivity contribution in [2.24, 2.45) is 5.73 Å². The van der Waals surface area contributed by atoms with Gasteiger partial charge in [-0.2, -0.15) is 0 Å². The summed E-state index contributed by atoms with van der Waals surface area (Å²) in [6.07, 6.45) is 0.794. The van der Waals surface area contributed by atoms with Crippen molar-refractivity contribution in [2.45, 2.75) is 13.3 Å². The molecule has 4 N–H and O–H groups in total. The third-order valence-electron chi connectivity index (χ3n) is 2.08. The minimum atomic E-state index is -0.761. The number of primary amides is 1. The van der Waals surface area contributed by atoms with E-state index in [1.54, 1.807) is 0 Å². The molecule has 86 valence electrons. The van der Waals surface area contributed by atoms with E-state index in [9.17, 15) is 14.7 Å². The summed E-state index contributed by atoms with van der Waals surface area (Å²) < 4.78 is 0. The second-order valence-corrected chi connectivity index (χ2v) is 3.32. The van der Waals surface area contributed by atoms with Gasteiger partial charge in [-0.05, 0) is 18.6 Å². The van der Waals surface area contributed by atoms with Crippen molar-refractivity contribution in [3.05, 3.63) is 29.3 Å². The quantitative estimate of drug-likeness (QED) is 0.697. The SMILES string of the molecule is CCCNC(=O)c1cccc(C(N)=O)c1O. The molecule has 0 aliphatic rings. The molecule has 1 aromatic carbocycles. The van der Waals surface area contributed by atoms with Gasteiger partial charge < -0.3 is 16.2 Å². The molecule has 1 rings (SSSR count). The number of aromatic hydroxyl groups is 1. The van der Waals surface area contributed by atoms with Crippen LogP contribution in [0.5, 0.6) is 5.75 Å². The Morgan fingerprint density at radius 2 is 2.00 bits per heavy atom. The summed E-state index contributed by atoms with van der Waals surface area (Å²) in [6.45, 7) is 2.43. The highest BCUT2D eigenvalue weighted by atomic mass is 16.3. The van der Waals surface area contributed by atoms with Crippen molar-refractivity contribution in [1.29, 1.82) is 0 Å². The number of amides is 2. The zero-order valence-corrected chi connectivity index (χ0v) is 8.99. The minimum absolute atomic E-state index is 0.0517. The van der Waals surface area contributed by atoms with Crippen LogP contribution in [0, 0.1) is 0 Å². The van der Waals surface area contributed by atoms with Gasteiger partial charge in [0.25, 0.3) is 11.8 Å². The van der Waals surface area contributed by atoms with Crippen LogP contribution >= 0.6 is 0 Å². The highest BCUT2D eigenvalue weighted by molar-refractivity contribution is 6.03. The predicted octanol–water partition coefficient (Wildman–Crippen LogP) is 0.631. The Balaban J connectivity index is 3.01. The van der Waals surface area contributed by atoms with Crippen molar-refractivity contribution in [2.75, 3.05) is 6.54 Å². The largest absolute Gasteiger partial charge is 0.506 e. The average Bonchev–Trinajstić information content (AvgIpc) is 2.25. The average molecular weight is 222 g/mol. The summed E-state index contributed by atoms with van der Waals surface area (Å²) in [4.78, 5) is 22.5. The molecule has 5 nitrogen and oxygen atoms in total. The van der Waals surface area contributed by atoms with E-state index in [1.807, 2.05) is 6.92 Å². The van der Waals surface area contributed by atoms with Crippen LogP contribution in [0.4, 0.5) is 0 Å². The Morgan fingerprint density at radius 1 is 1.38 bits per heavy atom. The molecule has 0 aliphatic carbocycles. The van der Waals surface area contributed by atoms with Crippen LogP contribution < -0.4 is 11.1 Å². The van der Waals surface area contributed by atoms with E-state index in [1.165, 1.54) is 18.2 Å². The lowest BCUT2D eigenvalue weighted by Gasteiger charge is -2.07. The molecule has 0 bridgehead atoms.